The molecule has 1 aromatic rings. The Bertz CT molecular complexity index is 572. The maximum atomic E-state index is 12.2. The Morgan fingerprint density at radius 3 is 2.70 bits per heavy atom. The third-order valence-corrected chi connectivity index (χ3v) is 4.04. The average molecular weight is 339 g/mol. The Morgan fingerprint density at radius 1 is 1.30 bits per heavy atom. The molecule has 1 atom stereocenters. The van der Waals surface area contributed by atoms with Gasteiger partial charge in [0, 0.05) is 17.1 Å². The number of hydrogen-bond donors (Lipinski definition) is 2. The average Bonchev–Trinajstić information content (AvgIpc) is 3.21. The summed E-state index contributed by atoms with van der Waals surface area (Å²) in [6.45, 7) is 0.436. The molecule has 1 unspecified atom stereocenters. The van der Waals surface area contributed by atoms with E-state index in [0.29, 0.717) is 23.7 Å². The topological polar surface area (TPSA) is 69.6 Å². The molecule has 20 heavy (non-hydrogen) atoms. The summed E-state index contributed by atoms with van der Waals surface area (Å²) >= 11 is 3.29. The van der Waals surface area contributed by atoms with E-state index < -0.39 is 6.10 Å². The van der Waals surface area contributed by atoms with Crippen LogP contribution in [0.2, 0.25) is 0 Å². The van der Waals surface area contributed by atoms with Crippen LogP contribution in [0.25, 0.3) is 0 Å². The Balaban J connectivity index is 1.68. The van der Waals surface area contributed by atoms with Crippen molar-refractivity contribution < 1.29 is 14.7 Å². The van der Waals surface area contributed by atoms with Gasteiger partial charge in [0.1, 0.15) is 0 Å². The van der Waals surface area contributed by atoms with Crippen molar-refractivity contribution in [1.82, 2.24) is 10.2 Å². The molecule has 0 spiro atoms. The first-order valence-electron chi connectivity index (χ1n) is 6.63. The van der Waals surface area contributed by atoms with Gasteiger partial charge in [0.2, 0.25) is 0 Å². The molecule has 6 heteroatoms. The summed E-state index contributed by atoms with van der Waals surface area (Å²) in [5, 5.41) is 13.1. The zero-order valence-corrected chi connectivity index (χ0v) is 12.4. The van der Waals surface area contributed by atoms with Crippen LogP contribution in [0, 0.1) is 0 Å². The molecule has 3 rings (SSSR count). The molecule has 1 saturated carbocycles. The molecule has 5 nitrogen and oxygen atoms in total. The van der Waals surface area contributed by atoms with E-state index in [-0.39, 0.29) is 18.4 Å². The lowest BCUT2D eigenvalue weighted by atomic mass is 10.1. The smallest absolute Gasteiger partial charge is 0.261 e. The lowest BCUT2D eigenvalue weighted by molar-refractivity contribution is 0.0544. The van der Waals surface area contributed by atoms with Gasteiger partial charge in [-0.15, -0.1) is 0 Å². The predicted molar refractivity (Wildman–Crippen MR) is 76.5 cm³/mol. The van der Waals surface area contributed by atoms with Crippen LogP contribution in [0.4, 0.5) is 0 Å². The molecule has 2 aliphatic rings. The standard InChI is InChI=1S/C14H15BrN2O3/c15-8-1-4-11-12(5-8)14(20)17(13(11)19)7-10(18)6-16-9-2-3-9/h1,4-5,9-10,16,18H,2-3,6-7H2. The fourth-order valence-electron chi connectivity index (χ4n) is 2.29. The summed E-state index contributed by atoms with van der Waals surface area (Å²) in [7, 11) is 0. The first-order valence-corrected chi connectivity index (χ1v) is 7.43. The highest BCUT2D eigenvalue weighted by molar-refractivity contribution is 9.10. The number of nitrogens with zero attached hydrogens (tertiary/aromatic N) is 1. The minimum absolute atomic E-state index is 0.0314. The zero-order chi connectivity index (χ0) is 14.3. The van der Waals surface area contributed by atoms with E-state index in [4.69, 9.17) is 0 Å². The number of β-amino-alcohol motifs (C(OH)–C–C–N with tert-alkyl or cyclic N) is 1. The van der Waals surface area contributed by atoms with Crippen LogP contribution in [0.15, 0.2) is 22.7 Å². The number of amides is 2. The van der Waals surface area contributed by atoms with Crippen molar-refractivity contribution in [2.45, 2.75) is 25.0 Å². The highest BCUT2D eigenvalue weighted by atomic mass is 79.9. The van der Waals surface area contributed by atoms with Crippen molar-refractivity contribution in [3.8, 4) is 0 Å². The maximum Gasteiger partial charge on any atom is 0.261 e. The molecule has 1 heterocycles. The lowest BCUT2D eigenvalue weighted by Crippen LogP contribution is -2.41. The molecule has 1 aliphatic carbocycles. The van der Waals surface area contributed by atoms with Gasteiger partial charge in [-0.3, -0.25) is 14.5 Å². The fraction of sp³-hybridized carbons (Fsp3) is 0.429. The molecular weight excluding hydrogens is 324 g/mol. The SMILES string of the molecule is O=C1c2ccc(Br)cc2C(=O)N1CC(O)CNC1CC1. The van der Waals surface area contributed by atoms with Crippen molar-refractivity contribution in [3.63, 3.8) is 0 Å². The molecule has 0 radical (unpaired) electrons. The number of fused-ring (bicyclic) bond motifs is 1. The first-order chi connectivity index (χ1) is 9.56. The van der Waals surface area contributed by atoms with Crippen LogP contribution in [0.1, 0.15) is 33.6 Å². The highest BCUT2D eigenvalue weighted by Gasteiger charge is 2.36. The number of carbonyl (C=O) groups is 2. The summed E-state index contributed by atoms with van der Waals surface area (Å²) in [5.74, 6) is -0.667. The molecule has 1 aliphatic heterocycles. The number of aliphatic hydroxyl groups is 1. The van der Waals surface area contributed by atoms with Crippen LogP contribution in [0.3, 0.4) is 0 Å². The summed E-state index contributed by atoms with van der Waals surface area (Å²) in [6.07, 6.45) is 1.53. The van der Waals surface area contributed by atoms with E-state index in [1.54, 1.807) is 18.2 Å². The van der Waals surface area contributed by atoms with Gasteiger partial charge in [-0.2, -0.15) is 0 Å². The zero-order valence-electron chi connectivity index (χ0n) is 10.8. The van der Waals surface area contributed by atoms with E-state index in [9.17, 15) is 14.7 Å². The Hall–Kier alpha value is -1.24. The van der Waals surface area contributed by atoms with Gasteiger partial charge in [-0.1, -0.05) is 15.9 Å². The van der Waals surface area contributed by atoms with Crippen molar-refractivity contribution in [3.05, 3.63) is 33.8 Å². The number of aliphatic hydroxyl groups excluding tert-OH is 1. The Labute approximate surface area is 125 Å². The van der Waals surface area contributed by atoms with Crippen LogP contribution in [-0.2, 0) is 0 Å². The van der Waals surface area contributed by atoms with Crippen molar-refractivity contribution in [2.24, 2.45) is 0 Å². The van der Waals surface area contributed by atoms with Gasteiger partial charge >= 0.3 is 0 Å². The number of rotatable bonds is 5. The number of imide groups is 1. The van der Waals surface area contributed by atoms with E-state index in [0.717, 1.165) is 22.2 Å². The highest BCUT2D eigenvalue weighted by Crippen LogP contribution is 2.26. The van der Waals surface area contributed by atoms with E-state index in [1.165, 1.54) is 0 Å². The monoisotopic (exact) mass is 338 g/mol. The number of halogens is 1. The van der Waals surface area contributed by atoms with Crippen LogP contribution >= 0.6 is 15.9 Å². The second-order valence-corrected chi connectivity index (χ2v) is 6.16. The van der Waals surface area contributed by atoms with Crippen molar-refractivity contribution in [2.75, 3.05) is 13.1 Å². The molecule has 2 N–H and O–H groups in total. The van der Waals surface area contributed by atoms with Gasteiger partial charge in [0.15, 0.2) is 0 Å². The van der Waals surface area contributed by atoms with Gasteiger partial charge in [0.05, 0.1) is 23.8 Å². The minimum Gasteiger partial charge on any atom is -0.390 e. The second-order valence-electron chi connectivity index (χ2n) is 5.25. The molecule has 0 saturated heterocycles. The molecule has 1 fully saturated rings. The van der Waals surface area contributed by atoms with Crippen LogP contribution in [0.5, 0.6) is 0 Å². The normalized spacial score (nSPS) is 19.4. The van der Waals surface area contributed by atoms with Crippen LogP contribution in [-0.4, -0.2) is 47.1 Å². The fourth-order valence-corrected chi connectivity index (χ4v) is 2.66. The molecular formula is C14H15BrN2O3. The summed E-state index contributed by atoms with van der Waals surface area (Å²) in [5.41, 5.74) is 0.798. The minimum atomic E-state index is -0.735. The van der Waals surface area contributed by atoms with Crippen molar-refractivity contribution in [1.29, 1.82) is 0 Å². The van der Waals surface area contributed by atoms with E-state index in [2.05, 4.69) is 21.2 Å². The quantitative estimate of drug-likeness (QED) is 0.790. The van der Waals surface area contributed by atoms with Gasteiger partial charge in [-0.25, -0.2) is 0 Å². The molecule has 1 aromatic carbocycles. The number of benzene rings is 1. The third-order valence-electron chi connectivity index (χ3n) is 3.55. The molecule has 2 amide bonds. The lowest BCUT2D eigenvalue weighted by Gasteiger charge is -2.18. The second kappa shape index (κ2) is 5.27. The molecule has 0 aromatic heterocycles. The van der Waals surface area contributed by atoms with Gasteiger partial charge in [0.25, 0.3) is 11.8 Å². The maximum absolute atomic E-state index is 12.2. The Kier molecular flexibility index (Phi) is 3.62. The Morgan fingerprint density at radius 2 is 2.00 bits per heavy atom. The summed E-state index contributed by atoms with van der Waals surface area (Å²) in [4.78, 5) is 25.5. The predicted octanol–water partition coefficient (Wildman–Crippen LogP) is 1.16. The van der Waals surface area contributed by atoms with Gasteiger partial charge < -0.3 is 10.4 Å². The van der Waals surface area contributed by atoms with E-state index >= 15 is 0 Å². The van der Waals surface area contributed by atoms with E-state index in [1.807, 2.05) is 0 Å². The van der Waals surface area contributed by atoms with Gasteiger partial charge in [-0.05, 0) is 31.0 Å². The number of carbonyl (C=O) groups excluding carboxylic acids is 2. The molecule has 106 valence electrons. The largest absolute Gasteiger partial charge is 0.390 e. The molecule has 0 bridgehead atoms. The third kappa shape index (κ3) is 2.63. The number of nitrogens with one attached hydrogen (secondary N) is 1. The summed E-state index contributed by atoms with van der Waals surface area (Å²) < 4.78 is 0.759. The number of hydrogen-bond acceptors (Lipinski definition) is 4. The first kappa shape index (κ1) is 13.7. The summed E-state index contributed by atoms with van der Waals surface area (Å²) in [6, 6.07) is 5.50. The van der Waals surface area contributed by atoms with Crippen LogP contribution < -0.4 is 5.32 Å². The van der Waals surface area contributed by atoms with Crippen molar-refractivity contribution >= 4 is 27.7 Å².